The fourth-order valence-electron chi connectivity index (χ4n) is 8.17. The minimum atomic E-state index is -1.49. The number of methoxy groups -OCH3 is 1. The maximum atomic E-state index is 14.7. The number of fused-ring (bicyclic) bond motifs is 2. The van der Waals surface area contributed by atoms with Crippen LogP contribution in [-0.4, -0.2) is 52.2 Å². The fourth-order valence-corrected chi connectivity index (χ4v) is 8.17. The van der Waals surface area contributed by atoms with Crippen molar-refractivity contribution < 1.29 is 38.4 Å². The van der Waals surface area contributed by atoms with Gasteiger partial charge in [0.05, 0.1) is 24.2 Å². The lowest BCUT2D eigenvalue weighted by atomic mass is 9.46. The molecule has 0 amide bonds. The number of ketones is 2. The highest BCUT2D eigenvalue weighted by molar-refractivity contribution is 6.09. The Morgan fingerprint density at radius 2 is 1.79 bits per heavy atom. The van der Waals surface area contributed by atoms with Gasteiger partial charge in [-0.1, -0.05) is 17.7 Å². The lowest BCUT2D eigenvalue weighted by molar-refractivity contribution is -0.199. The molecular formula is C34H40O8. The summed E-state index contributed by atoms with van der Waals surface area (Å²) in [5.74, 6) is -1.64. The second kappa shape index (κ2) is 9.06. The van der Waals surface area contributed by atoms with E-state index in [-0.39, 0.29) is 41.0 Å². The molecule has 1 N–H and O–H groups in total. The van der Waals surface area contributed by atoms with Crippen LogP contribution in [0.2, 0.25) is 0 Å². The Morgan fingerprint density at radius 1 is 1.07 bits per heavy atom. The molecule has 4 bridgehead atoms. The minimum Gasteiger partial charge on any atom is -0.506 e. The molecule has 3 saturated carbocycles. The van der Waals surface area contributed by atoms with Crippen molar-refractivity contribution in [3.05, 3.63) is 46.1 Å². The number of carbonyl (C=O) groups is 3. The van der Waals surface area contributed by atoms with Gasteiger partial charge in [0.15, 0.2) is 22.8 Å². The molecule has 4 fully saturated rings. The number of hydrogen-bond donors (Lipinski definition) is 1. The molecule has 0 aromatic heterocycles. The number of benzene rings is 1. The maximum absolute atomic E-state index is 14.7. The number of ether oxygens (including phenoxy) is 4. The Hall–Kier alpha value is -3.39. The number of hydrogen-bond acceptors (Lipinski definition) is 8. The number of allylic oxidation sites excluding steroid dienone is 2. The van der Waals surface area contributed by atoms with Gasteiger partial charge < -0.3 is 24.1 Å². The number of aromatic hydroxyl groups is 1. The van der Waals surface area contributed by atoms with E-state index < -0.39 is 40.2 Å². The predicted molar refractivity (Wildman–Crippen MR) is 156 cm³/mol. The first-order chi connectivity index (χ1) is 19.6. The molecule has 8 heteroatoms. The monoisotopic (exact) mass is 576 g/mol. The maximum Gasteiger partial charge on any atom is 0.333 e. The summed E-state index contributed by atoms with van der Waals surface area (Å²) in [5, 5.41) is 11.6. The molecule has 0 unspecified atom stereocenters. The Bertz CT molecular complexity index is 1520. The summed E-state index contributed by atoms with van der Waals surface area (Å²) in [6.07, 6.45) is 8.72. The van der Waals surface area contributed by atoms with Crippen molar-refractivity contribution in [1.82, 2.24) is 0 Å². The van der Waals surface area contributed by atoms with Crippen LogP contribution in [-0.2, 0) is 25.5 Å². The number of carbonyl (C=O) groups excluding carboxylic acids is 3. The normalized spacial score (nSPS) is 32.8. The molecule has 1 aromatic rings. The van der Waals surface area contributed by atoms with E-state index in [4.69, 9.17) is 18.9 Å². The number of phenolic OH excluding ortho intramolecular Hbond substituents is 1. The van der Waals surface area contributed by atoms with E-state index in [9.17, 15) is 19.5 Å². The van der Waals surface area contributed by atoms with Gasteiger partial charge in [0.25, 0.3) is 0 Å². The third-order valence-corrected chi connectivity index (χ3v) is 10.0. The van der Waals surface area contributed by atoms with Crippen molar-refractivity contribution in [2.24, 2.45) is 17.8 Å². The van der Waals surface area contributed by atoms with Gasteiger partial charge in [0, 0.05) is 29.4 Å². The van der Waals surface area contributed by atoms with Crippen LogP contribution in [0.15, 0.2) is 29.4 Å². The fraction of sp³-hybridized carbons (Fsp3) is 0.559. The molecule has 6 aliphatic rings. The zero-order valence-electron chi connectivity index (χ0n) is 25.7. The van der Waals surface area contributed by atoms with Crippen molar-refractivity contribution in [3.8, 4) is 17.2 Å². The summed E-state index contributed by atoms with van der Waals surface area (Å²) in [7, 11) is 1.31. The number of rotatable bonds is 5. The van der Waals surface area contributed by atoms with E-state index in [1.807, 2.05) is 59.8 Å². The molecule has 5 atom stereocenters. The van der Waals surface area contributed by atoms with E-state index in [0.717, 1.165) is 5.57 Å². The SMILES string of the molecule is COC(=O)/C(C)=C\C[C@@]12OC(C)(C)[C@@H]3C[C@@H](C[C@@H]4C(=O)c5c(O)c6c(c(CC=C(C)C)c5O[C@]431)OC(C)(C)C=C6)C2=O. The highest BCUT2D eigenvalue weighted by Crippen LogP contribution is 2.70. The molecule has 8 nitrogen and oxygen atoms in total. The second-order valence-corrected chi connectivity index (χ2v) is 13.8. The van der Waals surface area contributed by atoms with Gasteiger partial charge in [-0.05, 0) is 79.9 Å². The van der Waals surface area contributed by atoms with E-state index in [2.05, 4.69) is 0 Å². The smallest absolute Gasteiger partial charge is 0.333 e. The molecular weight excluding hydrogens is 536 g/mol. The van der Waals surface area contributed by atoms with E-state index >= 15 is 0 Å². The first kappa shape index (κ1) is 28.7. The highest BCUT2D eigenvalue weighted by Gasteiger charge is 2.83. The molecule has 1 saturated heterocycles. The molecule has 224 valence electrons. The molecule has 1 aromatic carbocycles. The zero-order valence-corrected chi connectivity index (χ0v) is 25.7. The first-order valence-corrected chi connectivity index (χ1v) is 14.8. The summed E-state index contributed by atoms with van der Waals surface area (Å²) in [6.45, 7) is 13.4. The summed E-state index contributed by atoms with van der Waals surface area (Å²) in [4.78, 5) is 41.3. The minimum absolute atomic E-state index is 0.0643. The van der Waals surface area contributed by atoms with Gasteiger partial charge in [-0.3, -0.25) is 9.59 Å². The molecule has 3 aliphatic heterocycles. The number of Topliss-reactive ketones (excluding diaryl/α,β-unsaturated/α-hetero) is 2. The Balaban J connectivity index is 1.62. The second-order valence-electron chi connectivity index (χ2n) is 13.8. The third-order valence-electron chi connectivity index (χ3n) is 10.0. The van der Waals surface area contributed by atoms with Crippen molar-refractivity contribution in [2.75, 3.05) is 7.11 Å². The quantitative estimate of drug-likeness (QED) is 0.271. The van der Waals surface area contributed by atoms with E-state index in [1.165, 1.54) is 7.11 Å². The van der Waals surface area contributed by atoms with Crippen LogP contribution >= 0.6 is 0 Å². The van der Waals surface area contributed by atoms with Crippen molar-refractivity contribution in [1.29, 1.82) is 0 Å². The van der Waals surface area contributed by atoms with Gasteiger partial charge in [0.2, 0.25) is 0 Å². The van der Waals surface area contributed by atoms with Crippen LogP contribution in [0, 0.1) is 17.8 Å². The van der Waals surface area contributed by atoms with Gasteiger partial charge in [-0.15, -0.1) is 0 Å². The predicted octanol–water partition coefficient (Wildman–Crippen LogP) is 5.68. The molecule has 0 radical (unpaired) electrons. The van der Waals surface area contributed by atoms with Crippen LogP contribution in [0.5, 0.6) is 17.2 Å². The van der Waals surface area contributed by atoms with E-state index in [1.54, 1.807) is 13.0 Å². The summed E-state index contributed by atoms with van der Waals surface area (Å²) in [6, 6.07) is 0. The molecule has 3 heterocycles. The van der Waals surface area contributed by atoms with Gasteiger partial charge in [-0.2, -0.15) is 0 Å². The molecule has 1 spiro atoms. The van der Waals surface area contributed by atoms with E-state index in [0.29, 0.717) is 41.7 Å². The third kappa shape index (κ3) is 3.66. The Kier molecular flexibility index (Phi) is 6.19. The van der Waals surface area contributed by atoms with Gasteiger partial charge in [0.1, 0.15) is 28.4 Å². The average molecular weight is 577 g/mol. The summed E-state index contributed by atoms with van der Waals surface area (Å²) >= 11 is 0. The lowest BCUT2D eigenvalue weighted by Crippen LogP contribution is -2.76. The van der Waals surface area contributed by atoms with Gasteiger partial charge in [-0.25, -0.2) is 4.79 Å². The Labute approximate surface area is 246 Å². The molecule has 42 heavy (non-hydrogen) atoms. The highest BCUT2D eigenvalue weighted by atomic mass is 16.6. The van der Waals surface area contributed by atoms with Crippen LogP contribution < -0.4 is 9.47 Å². The number of esters is 1. The van der Waals surface area contributed by atoms with Crippen LogP contribution in [0.3, 0.4) is 0 Å². The molecule has 7 rings (SSSR count). The van der Waals surface area contributed by atoms with Crippen molar-refractivity contribution in [2.45, 2.75) is 96.6 Å². The zero-order chi connectivity index (χ0) is 30.6. The Morgan fingerprint density at radius 3 is 2.45 bits per heavy atom. The van der Waals surface area contributed by atoms with Gasteiger partial charge >= 0.3 is 5.97 Å². The standard InChI is InChI=1S/C34H40O8/c1-17(2)9-10-21-27-20(12-13-31(4,5)40-27)25(35)24-26(36)22-15-19-16-23-32(6,7)42-33(29(19)37,34(22,23)41-28(21)24)14-11-18(3)30(38)39-8/h9,11-13,19,22-23,35H,10,14-16H2,1-8H3/b18-11-/t19-,22-,23+,33+,34-/m1/s1. The van der Waals surface area contributed by atoms with Crippen LogP contribution in [0.1, 0.15) is 89.2 Å². The first-order valence-electron chi connectivity index (χ1n) is 14.8. The summed E-state index contributed by atoms with van der Waals surface area (Å²) < 4.78 is 25.3. The molecule has 3 aliphatic carbocycles. The average Bonchev–Trinajstić information content (AvgIpc) is 3.07. The topological polar surface area (TPSA) is 108 Å². The number of phenols is 1. The van der Waals surface area contributed by atoms with Crippen LogP contribution in [0.4, 0.5) is 0 Å². The van der Waals surface area contributed by atoms with Crippen molar-refractivity contribution in [3.63, 3.8) is 0 Å². The summed E-state index contributed by atoms with van der Waals surface area (Å²) in [5.41, 5.74) is -1.56. The largest absolute Gasteiger partial charge is 0.506 e. The van der Waals surface area contributed by atoms with Crippen molar-refractivity contribution >= 4 is 23.6 Å². The van der Waals surface area contributed by atoms with Crippen LogP contribution in [0.25, 0.3) is 6.08 Å². The lowest BCUT2D eigenvalue weighted by Gasteiger charge is -2.60.